The van der Waals surface area contributed by atoms with Crippen molar-refractivity contribution in [3.8, 4) is 0 Å². The number of guanidine groups is 1. The van der Waals surface area contributed by atoms with Crippen molar-refractivity contribution in [1.29, 1.82) is 5.41 Å². The number of rotatable bonds is 3. The molecule has 1 heterocycles. The van der Waals surface area contributed by atoms with Crippen LogP contribution in [0.25, 0.3) is 0 Å². The fourth-order valence-electron chi connectivity index (χ4n) is 0.948. The van der Waals surface area contributed by atoms with E-state index in [1.54, 1.807) is 6.20 Å². The first-order valence-corrected chi connectivity index (χ1v) is 5.38. The SMILES string of the molecule is N=C(N=C(N)N)SCCc1ccccn1. The molecule has 5 N–H and O–H groups in total. The Kier molecular flexibility index (Phi) is 4.62. The second-order valence-electron chi connectivity index (χ2n) is 2.76. The molecule has 0 unspecified atom stereocenters. The van der Waals surface area contributed by atoms with Crippen molar-refractivity contribution in [2.75, 3.05) is 5.75 Å². The molecule has 1 aromatic rings. The van der Waals surface area contributed by atoms with Crippen molar-refractivity contribution >= 4 is 22.9 Å². The molecule has 0 saturated carbocycles. The van der Waals surface area contributed by atoms with Crippen molar-refractivity contribution in [2.45, 2.75) is 6.42 Å². The highest BCUT2D eigenvalue weighted by Gasteiger charge is 1.97. The molecule has 0 fully saturated rings. The highest BCUT2D eigenvalue weighted by Crippen LogP contribution is 2.06. The van der Waals surface area contributed by atoms with Gasteiger partial charge in [-0.25, -0.2) is 0 Å². The third-order valence-corrected chi connectivity index (χ3v) is 2.33. The summed E-state index contributed by atoms with van der Waals surface area (Å²) >= 11 is 1.30. The lowest BCUT2D eigenvalue weighted by Gasteiger charge is -1.99. The molecule has 0 aliphatic heterocycles. The number of nitrogens with one attached hydrogen (secondary N) is 1. The quantitative estimate of drug-likeness (QED) is 0.515. The molecule has 1 aromatic heterocycles. The van der Waals surface area contributed by atoms with Gasteiger partial charge in [-0.3, -0.25) is 10.4 Å². The maximum Gasteiger partial charge on any atom is 0.193 e. The van der Waals surface area contributed by atoms with Gasteiger partial charge in [0.05, 0.1) is 0 Å². The van der Waals surface area contributed by atoms with Gasteiger partial charge in [0.25, 0.3) is 0 Å². The zero-order chi connectivity index (χ0) is 11.1. The fourth-order valence-corrected chi connectivity index (χ4v) is 1.62. The molecule has 0 atom stereocenters. The zero-order valence-corrected chi connectivity index (χ0v) is 9.00. The van der Waals surface area contributed by atoms with E-state index in [2.05, 4.69) is 9.98 Å². The fraction of sp³-hybridized carbons (Fsp3) is 0.222. The van der Waals surface area contributed by atoms with Crippen molar-refractivity contribution < 1.29 is 0 Å². The Morgan fingerprint density at radius 1 is 1.47 bits per heavy atom. The molecule has 0 saturated heterocycles. The highest BCUT2D eigenvalue weighted by molar-refractivity contribution is 8.13. The Morgan fingerprint density at radius 2 is 2.27 bits per heavy atom. The van der Waals surface area contributed by atoms with E-state index in [-0.39, 0.29) is 11.1 Å². The average molecular weight is 223 g/mol. The van der Waals surface area contributed by atoms with E-state index in [1.165, 1.54) is 11.8 Å². The van der Waals surface area contributed by atoms with Crippen molar-refractivity contribution in [2.24, 2.45) is 16.5 Å². The Hall–Kier alpha value is -1.56. The van der Waals surface area contributed by atoms with Crippen LogP contribution in [0.4, 0.5) is 0 Å². The number of hydrogen-bond acceptors (Lipinski definition) is 3. The third kappa shape index (κ3) is 5.02. The lowest BCUT2D eigenvalue weighted by molar-refractivity contribution is 1.05. The molecule has 0 radical (unpaired) electrons. The molecule has 0 aliphatic carbocycles. The van der Waals surface area contributed by atoms with E-state index in [0.29, 0.717) is 0 Å². The average Bonchev–Trinajstić information content (AvgIpc) is 2.18. The van der Waals surface area contributed by atoms with Gasteiger partial charge in [0, 0.05) is 17.6 Å². The van der Waals surface area contributed by atoms with E-state index < -0.39 is 0 Å². The van der Waals surface area contributed by atoms with Gasteiger partial charge >= 0.3 is 0 Å². The summed E-state index contributed by atoms with van der Waals surface area (Å²) in [5.74, 6) is 0.664. The molecule has 80 valence electrons. The van der Waals surface area contributed by atoms with Crippen LogP contribution in [0.3, 0.4) is 0 Å². The monoisotopic (exact) mass is 223 g/mol. The van der Waals surface area contributed by atoms with Gasteiger partial charge in [-0.2, -0.15) is 4.99 Å². The van der Waals surface area contributed by atoms with Crippen LogP contribution < -0.4 is 11.5 Å². The van der Waals surface area contributed by atoms with Gasteiger partial charge < -0.3 is 11.5 Å². The number of aliphatic imine (C=N–C) groups is 1. The van der Waals surface area contributed by atoms with Crippen LogP contribution in [0.1, 0.15) is 5.69 Å². The van der Waals surface area contributed by atoms with Gasteiger partial charge in [0.2, 0.25) is 0 Å². The van der Waals surface area contributed by atoms with Gasteiger partial charge in [-0.15, -0.1) is 0 Å². The van der Waals surface area contributed by atoms with Crippen LogP contribution in [0.2, 0.25) is 0 Å². The zero-order valence-electron chi connectivity index (χ0n) is 8.18. The van der Waals surface area contributed by atoms with Crippen LogP contribution in [0.5, 0.6) is 0 Å². The first-order chi connectivity index (χ1) is 7.18. The molecule has 1 rings (SSSR count). The summed E-state index contributed by atoms with van der Waals surface area (Å²) in [7, 11) is 0. The second kappa shape index (κ2) is 6.02. The summed E-state index contributed by atoms with van der Waals surface area (Å²) in [4.78, 5) is 7.77. The predicted octanol–water partition coefficient (Wildman–Crippen LogP) is 0.565. The van der Waals surface area contributed by atoms with E-state index in [4.69, 9.17) is 16.9 Å². The third-order valence-electron chi connectivity index (χ3n) is 1.55. The maximum absolute atomic E-state index is 7.38. The number of aromatic nitrogens is 1. The molecule has 0 spiro atoms. The van der Waals surface area contributed by atoms with Crippen LogP contribution in [0.15, 0.2) is 29.4 Å². The first kappa shape index (κ1) is 11.5. The summed E-state index contributed by atoms with van der Waals surface area (Å²) in [5.41, 5.74) is 11.3. The Morgan fingerprint density at radius 3 is 2.87 bits per heavy atom. The van der Waals surface area contributed by atoms with Crippen molar-refractivity contribution in [3.63, 3.8) is 0 Å². The summed E-state index contributed by atoms with van der Waals surface area (Å²) in [6, 6.07) is 5.76. The lowest BCUT2D eigenvalue weighted by atomic mass is 10.3. The Balaban J connectivity index is 2.28. The molecule has 0 amide bonds. The minimum Gasteiger partial charge on any atom is -0.370 e. The number of hydrogen-bond donors (Lipinski definition) is 3. The Labute approximate surface area is 92.5 Å². The normalized spacial score (nSPS) is 9.60. The summed E-state index contributed by atoms with van der Waals surface area (Å²) in [5, 5.41) is 7.51. The van der Waals surface area contributed by atoms with Crippen LogP contribution in [0, 0.1) is 5.41 Å². The van der Waals surface area contributed by atoms with Crippen molar-refractivity contribution in [1.82, 2.24) is 4.98 Å². The largest absolute Gasteiger partial charge is 0.370 e. The van der Waals surface area contributed by atoms with Gasteiger partial charge in [0.1, 0.15) is 0 Å². The van der Waals surface area contributed by atoms with E-state index in [1.807, 2.05) is 18.2 Å². The second-order valence-corrected chi connectivity index (χ2v) is 3.84. The van der Waals surface area contributed by atoms with Crippen molar-refractivity contribution in [3.05, 3.63) is 30.1 Å². The Bertz CT molecular complexity index is 345. The van der Waals surface area contributed by atoms with Gasteiger partial charge in [-0.1, -0.05) is 17.8 Å². The lowest BCUT2D eigenvalue weighted by Crippen LogP contribution is -2.23. The topological polar surface area (TPSA) is 101 Å². The predicted molar refractivity (Wildman–Crippen MR) is 63.9 cm³/mol. The highest BCUT2D eigenvalue weighted by atomic mass is 32.2. The van der Waals surface area contributed by atoms with Gasteiger partial charge in [-0.05, 0) is 18.6 Å². The molecule has 0 aliphatic rings. The van der Waals surface area contributed by atoms with Crippen LogP contribution >= 0.6 is 11.8 Å². The van der Waals surface area contributed by atoms with E-state index in [0.717, 1.165) is 17.9 Å². The first-order valence-electron chi connectivity index (χ1n) is 4.39. The minimum atomic E-state index is -0.0784. The van der Waals surface area contributed by atoms with Gasteiger partial charge in [0.15, 0.2) is 11.1 Å². The number of nitrogens with zero attached hydrogens (tertiary/aromatic N) is 2. The number of aryl methyl sites for hydroxylation is 1. The molecule has 0 aromatic carbocycles. The molecular weight excluding hydrogens is 210 g/mol. The number of amidine groups is 1. The molecule has 6 heteroatoms. The summed E-state index contributed by atoms with van der Waals surface area (Å²) in [6.07, 6.45) is 2.55. The molecular formula is C9H13N5S. The number of nitrogens with two attached hydrogens (primary N) is 2. The van der Waals surface area contributed by atoms with Crippen LogP contribution in [-0.4, -0.2) is 21.9 Å². The minimum absolute atomic E-state index is 0.0784. The van der Waals surface area contributed by atoms with Crippen LogP contribution in [-0.2, 0) is 6.42 Å². The smallest absolute Gasteiger partial charge is 0.193 e. The maximum atomic E-state index is 7.38. The summed E-state index contributed by atoms with van der Waals surface area (Å²) in [6.45, 7) is 0. The summed E-state index contributed by atoms with van der Waals surface area (Å²) < 4.78 is 0. The number of thioether (sulfide) groups is 1. The standard InChI is InChI=1S/C9H13N5S/c10-8(11)14-9(12)15-6-4-7-3-1-2-5-13-7/h1-3,5H,4,6H2,(H5,10,11,12,14). The molecule has 5 nitrogen and oxygen atoms in total. The molecule has 0 bridgehead atoms. The van der Waals surface area contributed by atoms with E-state index in [9.17, 15) is 0 Å². The van der Waals surface area contributed by atoms with E-state index >= 15 is 0 Å². The number of pyridine rings is 1. The molecule has 15 heavy (non-hydrogen) atoms.